The van der Waals surface area contributed by atoms with Gasteiger partial charge in [-0.15, -0.1) is 0 Å². The minimum atomic E-state index is 0.0702. The third kappa shape index (κ3) is 4.10. The molecule has 2 nitrogen and oxygen atoms in total. The first kappa shape index (κ1) is 14.6. The van der Waals surface area contributed by atoms with Crippen molar-refractivity contribution in [3.63, 3.8) is 0 Å². The first-order chi connectivity index (χ1) is 9.66. The number of nitrogens with two attached hydrogens (primary N) is 1. The average Bonchev–Trinajstić information content (AvgIpc) is 2.46. The highest BCUT2D eigenvalue weighted by molar-refractivity contribution is 5.37. The highest BCUT2D eigenvalue weighted by Gasteiger charge is 2.04. The summed E-state index contributed by atoms with van der Waals surface area (Å²) < 4.78 is 5.85. The van der Waals surface area contributed by atoms with Gasteiger partial charge in [0.25, 0.3) is 0 Å². The van der Waals surface area contributed by atoms with Crippen molar-refractivity contribution < 1.29 is 4.74 Å². The van der Waals surface area contributed by atoms with E-state index in [-0.39, 0.29) is 6.04 Å². The lowest BCUT2D eigenvalue weighted by Gasteiger charge is -2.12. The van der Waals surface area contributed by atoms with Gasteiger partial charge in [0.1, 0.15) is 5.75 Å². The van der Waals surface area contributed by atoms with Gasteiger partial charge in [-0.1, -0.05) is 42.5 Å². The lowest BCUT2D eigenvalue weighted by atomic mass is 10.1. The Bertz CT molecular complexity index is 534. The number of ether oxygens (including phenoxy) is 1. The van der Waals surface area contributed by atoms with E-state index in [4.69, 9.17) is 10.5 Å². The zero-order chi connectivity index (χ0) is 14.4. The Labute approximate surface area is 121 Å². The van der Waals surface area contributed by atoms with Crippen LogP contribution in [0, 0.1) is 6.92 Å². The summed E-state index contributed by atoms with van der Waals surface area (Å²) in [6.07, 6.45) is 2.08. The van der Waals surface area contributed by atoms with E-state index in [0.29, 0.717) is 0 Å². The molecule has 2 N–H and O–H groups in total. The van der Waals surface area contributed by atoms with Crippen LogP contribution in [0.3, 0.4) is 0 Å². The van der Waals surface area contributed by atoms with Gasteiger partial charge in [0, 0.05) is 6.04 Å². The molecule has 2 aromatic rings. The molecule has 0 bridgehead atoms. The van der Waals surface area contributed by atoms with Gasteiger partial charge in [0.05, 0.1) is 6.61 Å². The van der Waals surface area contributed by atoms with Gasteiger partial charge < -0.3 is 10.5 Å². The van der Waals surface area contributed by atoms with E-state index in [1.54, 1.807) is 0 Å². The van der Waals surface area contributed by atoms with Crippen LogP contribution >= 0.6 is 0 Å². The molecular weight excluding hydrogens is 246 g/mol. The van der Waals surface area contributed by atoms with Crippen molar-refractivity contribution in [1.82, 2.24) is 0 Å². The summed E-state index contributed by atoms with van der Waals surface area (Å²) in [6, 6.07) is 16.8. The summed E-state index contributed by atoms with van der Waals surface area (Å²) in [4.78, 5) is 0. The maximum absolute atomic E-state index is 5.88. The third-order valence-corrected chi connectivity index (χ3v) is 3.43. The first-order valence-corrected chi connectivity index (χ1v) is 7.19. The smallest absolute Gasteiger partial charge is 0.122 e. The van der Waals surface area contributed by atoms with Crippen LogP contribution in [0.2, 0.25) is 0 Å². The van der Waals surface area contributed by atoms with Gasteiger partial charge in [-0.05, 0) is 49.4 Å². The molecule has 0 saturated heterocycles. The normalized spacial score (nSPS) is 12.2. The molecule has 2 rings (SSSR count). The number of hydrogen-bond donors (Lipinski definition) is 1. The SMILES string of the molecule is Cc1cc(C(C)N)ccc1OCCCc1ccccc1. The molecule has 0 aliphatic rings. The predicted molar refractivity (Wildman–Crippen MR) is 84.0 cm³/mol. The Morgan fingerprint density at radius 3 is 2.50 bits per heavy atom. The van der Waals surface area contributed by atoms with Crippen LogP contribution in [-0.2, 0) is 6.42 Å². The Kier molecular flexibility index (Phi) is 5.19. The number of hydrogen-bond acceptors (Lipinski definition) is 2. The van der Waals surface area contributed by atoms with Crippen LogP contribution in [0.25, 0.3) is 0 Å². The summed E-state index contributed by atoms with van der Waals surface area (Å²) >= 11 is 0. The van der Waals surface area contributed by atoms with Crippen molar-refractivity contribution in [2.75, 3.05) is 6.61 Å². The van der Waals surface area contributed by atoms with E-state index in [0.717, 1.165) is 36.3 Å². The van der Waals surface area contributed by atoms with Crippen molar-refractivity contribution in [3.05, 3.63) is 65.2 Å². The van der Waals surface area contributed by atoms with Crippen molar-refractivity contribution >= 4 is 0 Å². The van der Waals surface area contributed by atoms with Gasteiger partial charge in [0.15, 0.2) is 0 Å². The van der Waals surface area contributed by atoms with E-state index < -0.39 is 0 Å². The zero-order valence-electron chi connectivity index (χ0n) is 12.3. The highest BCUT2D eigenvalue weighted by Crippen LogP contribution is 2.22. The Balaban J connectivity index is 1.82. The van der Waals surface area contributed by atoms with Gasteiger partial charge in [0.2, 0.25) is 0 Å². The molecule has 0 heterocycles. The van der Waals surface area contributed by atoms with Crippen LogP contribution < -0.4 is 10.5 Å². The Hall–Kier alpha value is -1.80. The van der Waals surface area contributed by atoms with Crippen LogP contribution in [0.15, 0.2) is 48.5 Å². The molecule has 2 heteroatoms. The van der Waals surface area contributed by atoms with Crippen LogP contribution in [0.1, 0.15) is 36.1 Å². The molecular formula is C18H23NO. The minimum absolute atomic E-state index is 0.0702. The number of benzene rings is 2. The van der Waals surface area contributed by atoms with E-state index >= 15 is 0 Å². The standard InChI is InChI=1S/C18H23NO/c1-14-13-17(15(2)19)10-11-18(14)20-12-6-9-16-7-4-3-5-8-16/h3-5,7-8,10-11,13,15H,6,9,12,19H2,1-2H3. The molecule has 0 aromatic heterocycles. The summed E-state index contributed by atoms with van der Waals surface area (Å²) in [6.45, 7) is 4.81. The van der Waals surface area contributed by atoms with E-state index in [2.05, 4.69) is 37.3 Å². The van der Waals surface area contributed by atoms with E-state index in [1.165, 1.54) is 5.56 Å². The summed E-state index contributed by atoms with van der Waals surface area (Å²) in [5.41, 5.74) is 9.54. The third-order valence-electron chi connectivity index (χ3n) is 3.43. The number of rotatable bonds is 6. The quantitative estimate of drug-likeness (QED) is 0.804. The second-order valence-corrected chi connectivity index (χ2v) is 5.25. The van der Waals surface area contributed by atoms with Crippen LogP contribution in [0.5, 0.6) is 5.75 Å². The Morgan fingerprint density at radius 2 is 1.85 bits per heavy atom. The van der Waals surface area contributed by atoms with Crippen molar-refractivity contribution in [2.24, 2.45) is 5.73 Å². The van der Waals surface area contributed by atoms with Crippen molar-refractivity contribution in [1.29, 1.82) is 0 Å². The molecule has 0 aliphatic carbocycles. The molecule has 20 heavy (non-hydrogen) atoms. The lowest BCUT2D eigenvalue weighted by molar-refractivity contribution is 0.309. The van der Waals surface area contributed by atoms with Gasteiger partial charge in [-0.3, -0.25) is 0 Å². The predicted octanol–water partition coefficient (Wildman–Crippen LogP) is 4.03. The first-order valence-electron chi connectivity index (χ1n) is 7.19. The molecule has 0 radical (unpaired) electrons. The Morgan fingerprint density at radius 1 is 1.10 bits per heavy atom. The summed E-state index contributed by atoms with van der Waals surface area (Å²) in [5, 5.41) is 0. The molecule has 2 aromatic carbocycles. The van der Waals surface area contributed by atoms with E-state index in [9.17, 15) is 0 Å². The molecule has 0 spiro atoms. The molecule has 106 valence electrons. The summed E-state index contributed by atoms with van der Waals surface area (Å²) in [5.74, 6) is 0.961. The molecule has 1 unspecified atom stereocenters. The maximum Gasteiger partial charge on any atom is 0.122 e. The monoisotopic (exact) mass is 269 g/mol. The minimum Gasteiger partial charge on any atom is -0.493 e. The van der Waals surface area contributed by atoms with E-state index in [1.807, 2.05) is 25.1 Å². The molecule has 0 fully saturated rings. The molecule has 0 aliphatic heterocycles. The van der Waals surface area contributed by atoms with Crippen molar-refractivity contribution in [3.8, 4) is 5.75 Å². The van der Waals surface area contributed by atoms with Gasteiger partial charge in [-0.2, -0.15) is 0 Å². The van der Waals surface area contributed by atoms with Crippen LogP contribution in [-0.4, -0.2) is 6.61 Å². The highest BCUT2D eigenvalue weighted by atomic mass is 16.5. The second-order valence-electron chi connectivity index (χ2n) is 5.25. The van der Waals surface area contributed by atoms with Gasteiger partial charge in [-0.25, -0.2) is 0 Å². The fraction of sp³-hybridized carbons (Fsp3) is 0.333. The van der Waals surface area contributed by atoms with Crippen LogP contribution in [0.4, 0.5) is 0 Å². The van der Waals surface area contributed by atoms with Gasteiger partial charge >= 0.3 is 0 Å². The topological polar surface area (TPSA) is 35.2 Å². The summed E-state index contributed by atoms with van der Waals surface area (Å²) in [7, 11) is 0. The van der Waals surface area contributed by atoms with Crippen molar-refractivity contribution in [2.45, 2.75) is 32.7 Å². The maximum atomic E-state index is 5.88. The second kappa shape index (κ2) is 7.11. The molecule has 0 saturated carbocycles. The zero-order valence-corrected chi connectivity index (χ0v) is 12.3. The lowest BCUT2D eigenvalue weighted by Crippen LogP contribution is -2.06. The fourth-order valence-electron chi connectivity index (χ4n) is 2.22. The molecule has 0 amide bonds. The largest absolute Gasteiger partial charge is 0.493 e. The average molecular weight is 269 g/mol. The fourth-order valence-corrected chi connectivity index (χ4v) is 2.22. The molecule has 1 atom stereocenters. The number of aryl methyl sites for hydroxylation is 2.